The minimum absolute atomic E-state index is 0.119. The van der Waals surface area contributed by atoms with E-state index in [0.717, 1.165) is 23.3 Å². The fourth-order valence-corrected chi connectivity index (χ4v) is 2.83. The molecule has 0 saturated carbocycles. The number of nitrogens with zero attached hydrogens (tertiary/aromatic N) is 2. The molecule has 0 bridgehead atoms. The van der Waals surface area contributed by atoms with Crippen LogP contribution in [0.4, 0.5) is 0 Å². The minimum Gasteiger partial charge on any atom is -0.305 e. The third-order valence-corrected chi connectivity index (χ3v) is 3.75. The molecule has 1 unspecified atom stereocenters. The van der Waals surface area contributed by atoms with E-state index in [1.807, 2.05) is 30.5 Å². The van der Waals surface area contributed by atoms with Gasteiger partial charge in [0.15, 0.2) is 0 Å². The number of rotatable bonds is 4. The van der Waals surface area contributed by atoms with E-state index in [0.29, 0.717) is 0 Å². The SMILES string of the molecule is CCNC(c1ccsc1)c1cnc2ccccc2n1. The van der Waals surface area contributed by atoms with E-state index in [4.69, 9.17) is 4.98 Å². The van der Waals surface area contributed by atoms with Crippen molar-refractivity contribution >= 4 is 22.4 Å². The number of thiophene rings is 1. The van der Waals surface area contributed by atoms with Crippen molar-refractivity contribution in [2.75, 3.05) is 6.54 Å². The second kappa shape index (κ2) is 5.47. The summed E-state index contributed by atoms with van der Waals surface area (Å²) in [7, 11) is 0. The summed E-state index contributed by atoms with van der Waals surface area (Å²) in [5.74, 6) is 0. The van der Waals surface area contributed by atoms with Crippen molar-refractivity contribution in [3.63, 3.8) is 0 Å². The maximum atomic E-state index is 4.73. The Hall–Kier alpha value is -1.78. The van der Waals surface area contributed by atoms with Crippen molar-refractivity contribution < 1.29 is 0 Å². The number of fused-ring (bicyclic) bond motifs is 1. The number of para-hydroxylation sites is 2. The molecule has 96 valence electrons. The van der Waals surface area contributed by atoms with Gasteiger partial charge in [-0.2, -0.15) is 11.3 Å². The van der Waals surface area contributed by atoms with Gasteiger partial charge in [-0.15, -0.1) is 0 Å². The van der Waals surface area contributed by atoms with E-state index in [9.17, 15) is 0 Å². The number of hydrogen-bond donors (Lipinski definition) is 1. The van der Waals surface area contributed by atoms with Gasteiger partial charge in [0.05, 0.1) is 29.0 Å². The summed E-state index contributed by atoms with van der Waals surface area (Å²) >= 11 is 1.70. The lowest BCUT2D eigenvalue weighted by molar-refractivity contribution is 0.617. The van der Waals surface area contributed by atoms with E-state index >= 15 is 0 Å². The van der Waals surface area contributed by atoms with Gasteiger partial charge < -0.3 is 5.32 Å². The summed E-state index contributed by atoms with van der Waals surface area (Å²) in [6.45, 7) is 3.00. The van der Waals surface area contributed by atoms with Gasteiger partial charge in [0, 0.05) is 0 Å². The van der Waals surface area contributed by atoms with Crippen LogP contribution in [0.1, 0.15) is 24.2 Å². The molecule has 0 amide bonds. The molecule has 0 aliphatic heterocycles. The van der Waals surface area contributed by atoms with Crippen LogP contribution >= 0.6 is 11.3 Å². The quantitative estimate of drug-likeness (QED) is 0.789. The third kappa shape index (κ3) is 2.50. The van der Waals surface area contributed by atoms with Crippen LogP contribution < -0.4 is 5.32 Å². The predicted octanol–water partition coefficient (Wildman–Crippen LogP) is 3.39. The molecule has 1 N–H and O–H groups in total. The third-order valence-electron chi connectivity index (χ3n) is 3.05. The van der Waals surface area contributed by atoms with Crippen molar-refractivity contribution in [1.82, 2.24) is 15.3 Å². The molecule has 3 rings (SSSR count). The van der Waals surface area contributed by atoms with Gasteiger partial charge in [-0.1, -0.05) is 19.1 Å². The second-order valence-electron chi connectivity index (χ2n) is 4.33. The van der Waals surface area contributed by atoms with Crippen molar-refractivity contribution in [2.45, 2.75) is 13.0 Å². The Balaban J connectivity index is 2.05. The van der Waals surface area contributed by atoms with Gasteiger partial charge in [-0.3, -0.25) is 4.98 Å². The molecule has 4 heteroatoms. The highest BCUT2D eigenvalue weighted by Gasteiger charge is 2.15. The maximum Gasteiger partial charge on any atom is 0.0890 e. The lowest BCUT2D eigenvalue weighted by atomic mass is 10.1. The Morgan fingerprint density at radius 1 is 1.21 bits per heavy atom. The molecule has 0 spiro atoms. The Labute approximate surface area is 116 Å². The Morgan fingerprint density at radius 3 is 2.79 bits per heavy atom. The average molecular weight is 269 g/mol. The number of benzene rings is 1. The highest BCUT2D eigenvalue weighted by atomic mass is 32.1. The zero-order valence-corrected chi connectivity index (χ0v) is 11.5. The molecule has 2 aromatic heterocycles. The maximum absolute atomic E-state index is 4.73. The van der Waals surface area contributed by atoms with Gasteiger partial charge in [0.25, 0.3) is 0 Å². The van der Waals surface area contributed by atoms with E-state index in [1.165, 1.54) is 5.56 Å². The molecule has 0 fully saturated rings. The number of aromatic nitrogens is 2. The zero-order valence-electron chi connectivity index (χ0n) is 10.7. The summed E-state index contributed by atoms with van der Waals surface area (Å²) < 4.78 is 0. The molecule has 1 aromatic carbocycles. The molecule has 0 saturated heterocycles. The Bertz CT molecular complexity index is 664. The van der Waals surface area contributed by atoms with Crippen molar-refractivity contribution in [2.24, 2.45) is 0 Å². The monoisotopic (exact) mass is 269 g/mol. The summed E-state index contributed by atoms with van der Waals surface area (Å²) in [5.41, 5.74) is 4.10. The summed E-state index contributed by atoms with van der Waals surface area (Å²) in [4.78, 5) is 9.22. The highest BCUT2D eigenvalue weighted by molar-refractivity contribution is 7.08. The zero-order chi connectivity index (χ0) is 13.1. The second-order valence-corrected chi connectivity index (χ2v) is 5.11. The van der Waals surface area contributed by atoms with Crippen LogP contribution in [0.25, 0.3) is 11.0 Å². The summed E-state index contributed by atoms with van der Waals surface area (Å²) in [6.07, 6.45) is 1.87. The largest absolute Gasteiger partial charge is 0.305 e. The van der Waals surface area contributed by atoms with Crippen LogP contribution in [-0.4, -0.2) is 16.5 Å². The molecule has 3 aromatic rings. The molecule has 0 radical (unpaired) electrons. The van der Waals surface area contributed by atoms with Gasteiger partial charge in [0.2, 0.25) is 0 Å². The van der Waals surface area contributed by atoms with Crippen LogP contribution in [0, 0.1) is 0 Å². The first kappa shape index (κ1) is 12.3. The van der Waals surface area contributed by atoms with E-state index < -0.39 is 0 Å². The van der Waals surface area contributed by atoms with E-state index in [-0.39, 0.29) is 6.04 Å². The Morgan fingerprint density at radius 2 is 2.05 bits per heavy atom. The fraction of sp³-hybridized carbons (Fsp3) is 0.200. The molecular formula is C15H15N3S. The smallest absolute Gasteiger partial charge is 0.0890 e. The van der Waals surface area contributed by atoms with Crippen LogP contribution in [0.3, 0.4) is 0 Å². The average Bonchev–Trinajstić information content (AvgIpc) is 2.98. The first-order valence-corrected chi connectivity index (χ1v) is 7.30. The molecule has 1 atom stereocenters. The lowest BCUT2D eigenvalue weighted by Gasteiger charge is -2.16. The number of nitrogens with one attached hydrogen (secondary N) is 1. The van der Waals surface area contributed by atoms with Crippen LogP contribution in [0.5, 0.6) is 0 Å². The molecule has 19 heavy (non-hydrogen) atoms. The molecule has 2 heterocycles. The molecule has 0 aliphatic rings. The van der Waals surface area contributed by atoms with Gasteiger partial charge in [-0.25, -0.2) is 4.98 Å². The van der Waals surface area contributed by atoms with Crippen molar-refractivity contribution in [1.29, 1.82) is 0 Å². The highest BCUT2D eigenvalue weighted by Crippen LogP contribution is 2.23. The summed E-state index contributed by atoms with van der Waals surface area (Å²) in [5, 5.41) is 7.72. The normalized spacial score (nSPS) is 12.7. The molecule has 0 aliphatic carbocycles. The van der Waals surface area contributed by atoms with Gasteiger partial charge in [-0.05, 0) is 41.1 Å². The van der Waals surface area contributed by atoms with Gasteiger partial charge >= 0.3 is 0 Å². The lowest BCUT2D eigenvalue weighted by Crippen LogP contribution is -2.22. The minimum atomic E-state index is 0.119. The molecule has 3 nitrogen and oxygen atoms in total. The van der Waals surface area contributed by atoms with Crippen molar-refractivity contribution in [3.8, 4) is 0 Å². The first-order valence-electron chi connectivity index (χ1n) is 6.35. The standard InChI is InChI=1S/C15H15N3S/c1-2-16-15(11-7-8-19-10-11)14-9-17-12-5-3-4-6-13(12)18-14/h3-10,15-16H,2H2,1H3. The van der Waals surface area contributed by atoms with Gasteiger partial charge in [0.1, 0.15) is 0 Å². The van der Waals surface area contributed by atoms with E-state index in [2.05, 4.69) is 34.1 Å². The predicted molar refractivity (Wildman–Crippen MR) is 79.4 cm³/mol. The fourth-order valence-electron chi connectivity index (χ4n) is 2.15. The molecular weight excluding hydrogens is 254 g/mol. The van der Waals surface area contributed by atoms with Crippen molar-refractivity contribution in [3.05, 3.63) is 58.5 Å². The first-order chi connectivity index (χ1) is 9.38. The van der Waals surface area contributed by atoms with Crippen LogP contribution in [0.15, 0.2) is 47.3 Å². The Kier molecular flexibility index (Phi) is 3.53. The number of hydrogen-bond acceptors (Lipinski definition) is 4. The topological polar surface area (TPSA) is 37.8 Å². The van der Waals surface area contributed by atoms with Crippen LogP contribution in [0.2, 0.25) is 0 Å². The van der Waals surface area contributed by atoms with E-state index in [1.54, 1.807) is 11.3 Å². The van der Waals surface area contributed by atoms with Crippen LogP contribution in [-0.2, 0) is 0 Å². The summed E-state index contributed by atoms with van der Waals surface area (Å²) in [6, 6.07) is 10.2.